The first-order valence-corrected chi connectivity index (χ1v) is 7.99. The van der Waals surface area contributed by atoms with Crippen LogP contribution in [0.25, 0.3) is 0 Å². The highest BCUT2D eigenvalue weighted by atomic mass is 32.2. The third-order valence-corrected chi connectivity index (χ3v) is 3.95. The molecule has 110 valence electrons. The van der Waals surface area contributed by atoms with E-state index < -0.39 is 0 Å². The van der Waals surface area contributed by atoms with E-state index in [9.17, 15) is 4.79 Å². The maximum atomic E-state index is 12.3. The van der Waals surface area contributed by atoms with E-state index in [1.807, 2.05) is 39.0 Å². The average Bonchev–Trinajstić information content (AvgIpc) is 2.67. The lowest BCUT2D eigenvalue weighted by molar-refractivity contribution is -0.127. The van der Waals surface area contributed by atoms with Crippen LogP contribution >= 0.6 is 11.8 Å². The summed E-state index contributed by atoms with van der Waals surface area (Å²) < 4.78 is 0. The van der Waals surface area contributed by atoms with Crippen molar-refractivity contribution >= 4 is 17.7 Å². The molecule has 0 aliphatic heterocycles. The third-order valence-electron chi connectivity index (χ3n) is 3.17. The molecule has 3 nitrogen and oxygen atoms in total. The predicted molar refractivity (Wildman–Crippen MR) is 88.5 cm³/mol. The monoisotopic (exact) mass is 292 g/mol. The Hall–Kier alpha value is -1.42. The number of nitrogens with zero attached hydrogens (tertiary/aromatic N) is 2. The van der Waals surface area contributed by atoms with E-state index in [-0.39, 0.29) is 5.91 Å². The quantitative estimate of drug-likeness (QED) is 0.728. The van der Waals surface area contributed by atoms with E-state index in [0.717, 1.165) is 12.0 Å². The van der Waals surface area contributed by atoms with Crippen molar-refractivity contribution in [3.8, 4) is 0 Å². The molecule has 0 bridgehead atoms. The normalized spacial score (nSPS) is 15.3. The van der Waals surface area contributed by atoms with Crippen molar-refractivity contribution in [2.45, 2.75) is 13.3 Å². The van der Waals surface area contributed by atoms with Crippen molar-refractivity contribution in [2.24, 2.45) is 0 Å². The summed E-state index contributed by atoms with van der Waals surface area (Å²) >= 11 is 1.74. The van der Waals surface area contributed by atoms with E-state index >= 15 is 0 Å². The molecule has 0 atom stereocenters. The molecule has 0 radical (unpaired) electrons. The maximum Gasteiger partial charge on any atom is 0.269 e. The third kappa shape index (κ3) is 4.60. The Bertz CT molecular complexity index is 473. The van der Waals surface area contributed by atoms with Gasteiger partial charge in [0.2, 0.25) is 0 Å². The number of allylic oxidation sites excluding steroid dienone is 6. The van der Waals surface area contributed by atoms with Crippen LogP contribution in [-0.4, -0.2) is 49.7 Å². The topological polar surface area (TPSA) is 23.6 Å². The fraction of sp³-hybridized carbons (Fsp3) is 0.438. The lowest BCUT2D eigenvalue weighted by atomic mass is 10.1. The van der Waals surface area contributed by atoms with Crippen molar-refractivity contribution in [3.05, 3.63) is 46.6 Å². The van der Waals surface area contributed by atoms with Crippen molar-refractivity contribution < 1.29 is 4.79 Å². The molecule has 1 amide bonds. The maximum absolute atomic E-state index is 12.3. The van der Waals surface area contributed by atoms with Crippen LogP contribution in [-0.2, 0) is 4.79 Å². The van der Waals surface area contributed by atoms with E-state index in [1.54, 1.807) is 16.7 Å². The molecule has 0 aromatic carbocycles. The van der Waals surface area contributed by atoms with Gasteiger partial charge in [0.05, 0.1) is 0 Å². The Morgan fingerprint density at radius 2 is 2.00 bits per heavy atom. The molecule has 1 aliphatic carbocycles. The zero-order valence-electron chi connectivity index (χ0n) is 13.0. The largest absolute Gasteiger partial charge is 0.373 e. The lowest BCUT2D eigenvalue weighted by Crippen LogP contribution is -2.33. The van der Waals surface area contributed by atoms with E-state index in [2.05, 4.69) is 30.6 Å². The van der Waals surface area contributed by atoms with Crippen LogP contribution in [0, 0.1) is 0 Å². The molecular weight excluding hydrogens is 268 g/mol. The number of carbonyl (C=O) groups excluding carboxylic acids is 1. The minimum atomic E-state index is 0.0501. The molecule has 0 saturated heterocycles. The molecule has 0 fully saturated rings. The number of carbonyl (C=O) groups is 1. The Balaban J connectivity index is 2.99. The molecule has 0 N–H and O–H groups in total. The standard InChI is InChI=1S/C16H24N2OS/c1-6-18(4)16(19)15(17(2)3)12-13-8-7-9-14(20-5)11-10-13/h8-12H,6-7H2,1-5H3/b15-12+. The molecule has 0 aromatic heterocycles. The highest BCUT2D eigenvalue weighted by molar-refractivity contribution is 8.02. The summed E-state index contributed by atoms with van der Waals surface area (Å²) in [6.07, 6.45) is 13.4. The highest BCUT2D eigenvalue weighted by Gasteiger charge is 2.15. The van der Waals surface area contributed by atoms with Gasteiger partial charge in [-0.3, -0.25) is 4.79 Å². The van der Waals surface area contributed by atoms with Crippen molar-refractivity contribution in [2.75, 3.05) is 33.9 Å². The van der Waals surface area contributed by atoms with E-state index in [1.165, 1.54) is 4.91 Å². The van der Waals surface area contributed by atoms with Gasteiger partial charge in [-0.25, -0.2) is 0 Å². The summed E-state index contributed by atoms with van der Waals surface area (Å²) in [5.41, 5.74) is 1.78. The molecule has 1 rings (SSSR count). The van der Waals surface area contributed by atoms with Gasteiger partial charge in [0.15, 0.2) is 0 Å². The molecule has 4 heteroatoms. The van der Waals surface area contributed by atoms with Crippen molar-refractivity contribution in [1.29, 1.82) is 0 Å². The van der Waals surface area contributed by atoms with E-state index in [0.29, 0.717) is 12.2 Å². The number of hydrogen-bond donors (Lipinski definition) is 0. The summed E-state index contributed by atoms with van der Waals surface area (Å²) in [5.74, 6) is 0.0501. The summed E-state index contributed by atoms with van der Waals surface area (Å²) in [4.78, 5) is 17.2. The van der Waals surface area contributed by atoms with Gasteiger partial charge in [0.1, 0.15) is 5.70 Å². The minimum absolute atomic E-state index is 0.0501. The first-order valence-electron chi connectivity index (χ1n) is 6.76. The number of hydrogen-bond acceptors (Lipinski definition) is 3. The number of thioether (sulfide) groups is 1. The summed E-state index contributed by atoms with van der Waals surface area (Å²) in [5, 5.41) is 0. The minimum Gasteiger partial charge on any atom is -0.373 e. The average molecular weight is 292 g/mol. The smallest absolute Gasteiger partial charge is 0.269 e. The molecular formula is C16H24N2OS. The fourth-order valence-corrected chi connectivity index (χ4v) is 2.23. The Morgan fingerprint density at radius 3 is 2.55 bits per heavy atom. The van der Waals surface area contributed by atoms with Crippen molar-refractivity contribution in [1.82, 2.24) is 9.80 Å². The van der Waals surface area contributed by atoms with Crippen molar-refractivity contribution in [3.63, 3.8) is 0 Å². The lowest BCUT2D eigenvalue weighted by Gasteiger charge is -2.22. The predicted octanol–water partition coefficient (Wildman–Crippen LogP) is 3.04. The summed E-state index contributed by atoms with van der Waals surface area (Å²) in [6, 6.07) is 0. The van der Waals surface area contributed by atoms with Crippen LogP contribution in [0.3, 0.4) is 0 Å². The van der Waals surface area contributed by atoms with Gasteiger partial charge in [-0.05, 0) is 37.3 Å². The number of rotatable bonds is 5. The molecule has 0 heterocycles. The second kappa shape index (κ2) is 8.00. The van der Waals surface area contributed by atoms with Crippen LogP contribution in [0.2, 0.25) is 0 Å². The summed E-state index contributed by atoms with van der Waals surface area (Å²) in [7, 11) is 5.63. The first kappa shape index (κ1) is 16.6. The second-order valence-electron chi connectivity index (χ2n) is 4.83. The molecule has 1 aliphatic rings. The molecule has 0 spiro atoms. The number of amides is 1. The van der Waals surface area contributed by atoms with Crippen LogP contribution < -0.4 is 0 Å². The second-order valence-corrected chi connectivity index (χ2v) is 5.71. The molecule has 0 unspecified atom stereocenters. The zero-order valence-corrected chi connectivity index (χ0v) is 13.8. The Morgan fingerprint density at radius 1 is 1.30 bits per heavy atom. The van der Waals surface area contributed by atoms with Crippen LogP contribution in [0.15, 0.2) is 46.6 Å². The van der Waals surface area contributed by atoms with Gasteiger partial charge in [-0.1, -0.05) is 18.2 Å². The molecule has 0 aromatic rings. The van der Waals surface area contributed by atoms with Crippen LogP contribution in [0.4, 0.5) is 0 Å². The highest BCUT2D eigenvalue weighted by Crippen LogP contribution is 2.20. The SMILES string of the molecule is CCN(C)C(=O)/C(=C\C1=CCC=C(SC)C=C1)N(C)C. The first-order chi connectivity index (χ1) is 9.49. The van der Waals surface area contributed by atoms with E-state index in [4.69, 9.17) is 0 Å². The van der Waals surface area contributed by atoms with Gasteiger partial charge in [-0.15, -0.1) is 11.8 Å². The number of likely N-dealkylation sites (N-methyl/N-ethyl adjacent to an activating group) is 2. The fourth-order valence-electron chi connectivity index (χ4n) is 1.76. The Labute approximate surface area is 126 Å². The molecule has 0 saturated carbocycles. The Kier molecular flexibility index (Phi) is 6.65. The summed E-state index contributed by atoms with van der Waals surface area (Å²) in [6.45, 7) is 2.68. The zero-order chi connectivity index (χ0) is 15.1. The van der Waals surface area contributed by atoms with Gasteiger partial charge >= 0.3 is 0 Å². The van der Waals surface area contributed by atoms with Gasteiger partial charge in [-0.2, -0.15) is 0 Å². The van der Waals surface area contributed by atoms with Crippen LogP contribution in [0.1, 0.15) is 13.3 Å². The van der Waals surface area contributed by atoms with Crippen LogP contribution in [0.5, 0.6) is 0 Å². The van der Waals surface area contributed by atoms with Gasteiger partial charge in [0.25, 0.3) is 5.91 Å². The van der Waals surface area contributed by atoms with Gasteiger partial charge in [0, 0.05) is 32.6 Å². The van der Waals surface area contributed by atoms with Gasteiger partial charge < -0.3 is 9.80 Å². The molecule has 20 heavy (non-hydrogen) atoms.